The first-order valence-electron chi connectivity index (χ1n) is 11.1. The molecule has 0 bridgehead atoms. The van der Waals surface area contributed by atoms with Crippen molar-refractivity contribution in [2.75, 3.05) is 26.4 Å². The summed E-state index contributed by atoms with van der Waals surface area (Å²) >= 11 is 0. The fourth-order valence-electron chi connectivity index (χ4n) is 4.39. The lowest BCUT2D eigenvalue weighted by Crippen LogP contribution is -2.54. The van der Waals surface area contributed by atoms with Crippen molar-refractivity contribution in [1.29, 1.82) is 0 Å². The van der Waals surface area contributed by atoms with Gasteiger partial charge in [-0.25, -0.2) is 4.79 Å². The maximum atomic E-state index is 12.6. The van der Waals surface area contributed by atoms with Crippen LogP contribution in [-0.4, -0.2) is 55.5 Å². The monoisotopic (exact) mass is 452 g/mol. The van der Waals surface area contributed by atoms with Gasteiger partial charge in [-0.15, -0.1) is 0 Å². The molecule has 1 saturated heterocycles. The van der Waals surface area contributed by atoms with E-state index in [9.17, 15) is 19.5 Å². The van der Waals surface area contributed by atoms with Crippen LogP contribution in [0, 0.1) is 5.41 Å². The van der Waals surface area contributed by atoms with E-state index in [1.54, 1.807) is 0 Å². The first-order valence-corrected chi connectivity index (χ1v) is 11.1. The largest absolute Gasteiger partial charge is 0.481 e. The normalized spacial score (nSPS) is 16.6. The number of fused-ring (bicyclic) bond motifs is 3. The van der Waals surface area contributed by atoms with E-state index < -0.39 is 30.4 Å². The summed E-state index contributed by atoms with van der Waals surface area (Å²) in [7, 11) is 0. The summed E-state index contributed by atoms with van der Waals surface area (Å²) in [4.78, 5) is 36.4. The Morgan fingerprint density at radius 1 is 1.09 bits per heavy atom. The number of carboxylic acid groups (broad SMARTS) is 1. The summed E-state index contributed by atoms with van der Waals surface area (Å²) in [5, 5.41) is 14.4. The molecule has 174 valence electrons. The molecule has 1 heterocycles. The summed E-state index contributed by atoms with van der Waals surface area (Å²) in [6, 6.07) is 14.7. The van der Waals surface area contributed by atoms with E-state index >= 15 is 0 Å². The van der Waals surface area contributed by atoms with Gasteiger partial charge in [0.25, 0.3) is 0 Å². The third kappa shape index (κ3) is 4.85. The second-order valence-corrected chi connectivity index (χ2v) is 8.68. The average molecular weight is 453 g/mol. The van der Waals surface area contributed by atoms with Crippen LogP contribution in [0.25, 0.3) is 11.1 Å². The molecule has 1 unspecified atom stereocenters. The zero-order valence-electron chi connectivity index (χ0n) is 18.5. The van der Waals surface area contributed by atoms with Gasteiger partial charge >= 0.3 is 12.1 Å². The van der Waals surface area contributed by atoms with Crippen molar-refractivity contribution in [2.45, 2.75) is 31.7 Å². The smallest absolute Gasteiger partial charge is 0.407 e. The number of benzene rings is 2. The van der Waals surface area contributed by atoms with Crippen LogP contribution >= 0.6 is 0 Å². The number of aliphatic carboxylic acids is 1. The van der Waals surface area contributed by atoms with Gasteiger partial charge in [0.1, 0.15) is 12.6 Å². The van der Waals surface area contributed by atoms with Crippen molar-refractivity contribution in [1.82, 2.24) is 10.6 Å². The van der Waals surface area contributed by atoms with Gasteiger partial charge in [0, 0.05) is 17.9 Å². The Hall–Kier alpha value is -3.39. The predicted molar refractivity (Wildman–Crippen MR) is 121 cm³/mol. The van der Waals surface area contributed by atoms with Crippen molar-refractivity contribution < 1.29 is 29.0 Å². The summed E-state index contributed by atoms with van der Waals surface area (Å²) in [5.41, 5.74) is 4.22. The van der Waals surface area contributed by atoms with Crippen molar-refractivity contribution in [3.63, 3.8) is 0 Å². The molecule has 2 aromatic carbocycles. The summed E-state index contributed by atoms with van der Waals surface area (Å²) < 4.78 is 10.7. The fourth-order valence-corrected chi connectivity index (χ4v) is 4.39. The summed E-state index contributed by atoms with van der Waals surface area (Å²) in [6.45, 7) is 3.56. The Morgan fingerprint density at radius 2 is 1.70 bits per heavy atom. The number of nitrogens with one attached hydrogen (secondary N) is 2. The Bertz CT molecular complexity index is 998. The topological polar surface area (TPSA) is 114 Å². The second-order valence-electron chi connectivity index (χ2n) is 8.68. The zero-order valence-corrected chi connectivity index (χ0v) is 18.5. The summed E-state index contributed by atoms with van der Waals surface area (Å²) in [6.07, 6.45) is -0.530. The van der Waals surface area contributed by atoms with Gasteiger partial charge in [-0.05, 0) is 28.7 Å². The summed E-state index contributed by atoms with van der Waals surface area (Å²) in [5.74, 6) is -1.87. The molecule has 8 nitrogen and oxygen atoms in total. The molecule has 0 aromatic heterocycles. The lowest BCUT2D eigenvalue weighted by atomic mass is 9.83. The quantitative estimate of drug-likeness (QED) is 0.539. The molecule has 33 heavy (non-hydrogen) atoms. The van der Waals surface area contributed by atoms with Crippen molar-refractivity contribution >= 4 is 18.0 Å². The van der Waals surface area contributed by atoms with E-state index in [-0.39, 0.29) is 17.9 Å². The molecular weight excluding hydrogens is 424 g/mol. The number of carbonyl (C=O) groups excluding carboxylic acids is 2. The van der Waals surface area contributed by atoms with Gasteiger partial charge in [0.15, 0.2) is 0 Å². The minimum absolute atomic E-state index is 0.0809. The zero-order chi connectivity index (χ0) is 23.4. The van der Waals surface area contributed by atoms with Crippen LogP contribution in [0.2, 0.25) is 0 Å². The van der Waals surface area contributed by atoms with E-state index in [1.807, 2.05) is 55.5 Å². The SMILES string of the molecule is CCC1(CNC(=O)C(CC(=O)O)NC(=O)OCC2c3ccccc3-c3ccccc32)COC1. The van der Waals surface area contributed by atoms with Crippen LogP contribution < -0.4 is 10.6 Å². The lowest BCUT2D eigenvalue weighted by molar-refractivity contribution is -0.141. The minimum atomic E-state index is -1.23. The number of amides is 2. The number of alkyl carbamates (subject to hydrolysis) is 1. The Kier molecular flexibility index (Phi) is 6.65. The Morgan fingerprint density at radius 3 is 2.21 bits per heavy atom. The van der Waals surface area contributed by atoms with Crippen LogP contribution in [0.3, 0.4) is 0 Å². The highest BCUT2D eigenvalue weighted by atomic mass is 16.5. The van der Waals surface area contributed by atoms with Crippen LogP contribution in [0.1, 0.15) is 36.8 Å². The highest BCUT2D eigenvalue weighted by Crippen LogP contribution is 2.44. The molecule has 4 rings (SSSR count). The van der Waals surface area contributed by atoms with Crippen molar-refractivity contribution in [3.8, 4) is 11.1 Å². The highest BCUT2D eigenvalue weighted by Gasteiger charge is 2.38. The number of rotatable bonds is 9. The highest BCUT2D eigenvalue weighted by molar-refractivity contribution is 5.89. The van der Waals surface area contributed by atoms with Gasteiger partial charge in [0.2, 0.25) is 5.91 Å². The van der Waals surface area contributed by atoms with Crippen LogP contribution in [0.5, 0.6) is 0 Å². The Labute approximate surface area is 192 Å². The van der Waals surface area contributed by atoms with Gasteiger partial charge in [-0.1, -0.05) is 55.5 Å². The van der Waals surface area contributed by atoms with Crippen LogP contribution in [-0.2, 0) is 19.1 Å². The maximum absolute atomic E-state index is 12.6. The molecule has 0 saturated carbocycles. The van der Waals surface area contributed by atoms with Crippen molar-refractivity contribution in [2.24, 2.45) is 5.41 Å². The first kappa shape index (κ1) is 22.8. The van der Waals surface area contributed by atoms with Gasteiger partial charge < -0.3 is 25.2 Å². The van der Waals surface area contributed by atoms with Gasteiger partial charge in [-0.3, -0.25) is 9.59 Å². The van der Waals surface area contributed by atoms with E-state index in [0.29, 0.717) is 19.8 Å². The van der Waals surface area contributed by atoms with E-state index in [2.05, 4.69) is 10.6 Å². The van der Waals surface area contributed by atoms with Crippen LogP contribution in [0.15, 0.2) is 48.5 Å². The molecule has 1 aliphatic carbocycles. The molecule has 2 aliphatic rings. The van der Waals surface area contributed by atoms with Gasteiger partial charge in [-0.2, -0.15) is 0 Å². The standard InChI is InChI=1S/C25H28N2O6/c1-2-25(14-32-15-25)13-26-23(30)21(11-22(28)29)27-24(31)33-12-20-18-9-5-3-7-16(18)17-8-4-6-10-19(17)20/h3-10,20-21H,2,11-15H2,1H3,(H,26,30)(H,27,31)(H,28,29). The molecular formula is C25H28N2O6. The number of hydrogen-bond donors (Lipinski definition) is 3. The molecule has 2 aromatic rings. The Balaban J connectivity index is 1.38. The third-order valence-electron chi connectivity index (χ3n) is 6.54. The van der Waals surface area contributed by atoms with Gasteiger partial charge in [0.05, 0.1) is 19.6 Å². The number of hydrogen-bond acceptors (Lipinski definition) is 5. The molecule has 2 amide bonds. The molecule has 8 heteroatoms. The number of carbonyl (C=O) groups is 3. The number of carboxylic acids is 1. The molecule has 1 fully saturated rings. The fraction of sp³-hybridized carbons (Fsp3) is 0.400. The minimum Gasteiger partial charge on any atom is -0.481 e. The van der Waals surface area contributed by atoms with E-state index in [4.69, 9.17) is 9.47 Å². The van der Waals surface area contributed by atoms with E-state index in [1.165, 1.54) is 0 Å². The molecule has 1 atom stereocenters. The lowest BCUT2D eigenvalue weighted by Gasteiger charge is -2.41. The van der Waals surface area contributed by atoms with E-state index in [0.717, 1.165) is 28.7 Å². The van der Waals surface area contributed by atoms with Crippen molar-refractivity contribution in [3.05, 3.63) is 59.7 Å². The van der Waals surface area contributed by atoms with Crippen LogP contribution in [0.4, 0.5) is 4.79 Å². The maximum Gasteiger partial charge on any atom is 0.407 e. The molecule has 3 N–H and O–H groups in total. The third-order valence-corrected chi connectivity index (χ3v) is 6.54. The number of ether oxygens (including phenoxy) is 2. The molecule has 0 spiro atoms. The molecule has 1 aliphatic heterocycles. The second kappa shape index (κ2) is 9.62. The molecule has 0 radical (unpaired) electrons. The average Bonchev–Trinajstić information content (AvgIpc) is 3.10. The predicted octanol–water partition coefficient (Wildman–Crippen LogP) is 2.91. The first-order chi connectivity index (χ1) is 15.9.